The second-order valence-electron chi connectivity index (χ2n) is 6.08. The zero-order chi connectivity index (χ0) is 16.3. The third-order valence-corrected chi connectivity index (χ3v) is 3.85. The summed E-state index contributed by atoms with van der Waals surface area (Å²) in [5, 5.41) is 8.49. The molecule has 22 heavy (non-hydrogen) atoms. The maximum absolute atomic E-state index is 10.3. The van der Waals surface area contributed by atoms with E-state index >= 15 is 0 Å². The van der Waals surface area contributed by atoms with Crippen molar-refractivity contribution in [3.8, 4) is 0 Å². The molecule has 0 saturated carbocycles. The maximum Gasteiger partial charge on any atom is 0.303 e. The minimum atomic E-state index is -0.721. The van der Waals surface area contributed by atoms with Crippen molar-refractivity contribution in [1.29, 1.82) is 0 Å². The van der Waals surface area contributed by atoms with E-state index in [1.807, 2.05) is 6.08 Å². The summed E-state index contributed by atoms with van der Waals surface area (Å²) < 4.78 is 0. The molecule has 0 rings (SSSR count). The number of carboxylic acids is 1. The van der Waals surface area contributed by atoms with Crippen LogP contribution in [0, 0.1) is 0 Å². The summed E-state index contributed by atoms with van der Waals surface area (Å²) in [6.07, 6.45) is 25.3. The first-order valence-electron chi connectivity index (χ1n) is 9.29. The highest BCUT2D eigenvalue weighted by Gasteiger charge is 1.92. The molecule has 0 aromatic heterocycles. The van der Waals surface area contributed by atoms with Crippen molar-refractivity contribution < 1.29 is 9.90 Å². The van der Waals surface area contributed by atoms with Crippen LogP contribution < -0.4 is 0 Å². The van der Waals surface area contributed by atoms with Gasteiger partial charge in [0.15, 0.2) is 0 Å². The molecule has 0 saturated heterocycles. The molecule has 0 amide bonds. The number of aliphatic carboxylic acids is 1. The molecular weight excluding hydrogens is 272 g/mol. The first-order valence-corrected chi connectivity index (χ1v) is 9.29. The molecule has 0 heterocycles. The first kappa shape index (κ1) is 20.9. The predicted octanol–water partition coefficient (Wildman–Crippen LogP) is 6.66. The second kappa shape index (κ2) is 18.0. The monoisotopic (exact) mass is 308 g/mol. The lowest BCUT2D eigenvalue weighted by molar-refractivity contribution is -0.136. The maximum atomic E-state index is 10.3. The Morgan fingerprint density at radius 2 is 1.23 bits per heavy atom. The van der Waals surface area contributed by atoms with Crippen LogP contribution in [0.25, 0.3) is 0 Å². The predicted molar refractivity (Wildman–Crippen MR) is 96.2 cm³/mol. The molecule has 0 radical (unpaired) electrons. The van der Waals surface area contributed by atoms with Gasteiger partial charge in [0.25, 0.3) is 0 Å². The Bertz CT molecular complexity index is 292. The SMILES string of the molecule is CCCCCCCCCCCC/C=C\C/C=C\CCC(=O)O. The van der Waals surface area contributed by atoms with E-state index in [1.165, 1.54) is 70.6 Å². The number of hydrogen-bond donors (Lipinski definition) is 1. The summed E-state index contributed by atoms with van der Waals surface area (Å²) in [5.74, 6) is -0.721. The van der Waals surface area contributed by atoms with Crippen LogP contribution >= 0.6 is 0 Å². The zero-order valence-corrected chi connectivity index (χ0v) is 14.6. The molecule has 2 heteroatoms. The summed E-state index contributed by atoms with van der Waals surface area (Å²) in [6, 6.07) is 0. The van der Waals surface area contributed by atoms with Crippen molar-refractivity contribution in [2.45, 2.75) is 96.8 Å². The van der Waals surface area contributed by atoms with Gasteiger partial charge in [-0.3, -0.25) is 4.79 Å². The zero-order valence-electron chi connectivity index (χ0n) is 14.6. The van der Waals surface area contributed by atoms with Gasteiger partial charge in [-0.05, 0) is 25.7 Å². The van der Waals surface area contributed by atoms with E-state index in [2.05, 4.69) is 25.2 Å². The van der Waals surface area contributed by atoms with E-state index in [9.17, 15) is 4.79 Å². The molecule has 0 aromatic rings. The molecular formula is C20H36O2. The fourth-order valence-electron chi connectivity index (χ4n) is 2.46. The van der Waals surface area contributed by atoms with E-state index < -0.39 is 5.97 Å². The molecule has 0 bridgehead atoms. The summed E-state index contributed by atoms with van der Waals surface area (Å²) in [4.78, 5) is 10.3. The molecule has 0 aliphatic heterocycles. The number of allylic oxidation sites excluding steroid dienone is 4. The van der Waals surface area contributed by atoms with E-state index in [1.54, 1.807) is 0 Å². The molecule has 0 aromatic carbocycles. The molecule has 1 N–H and O–H groups in total. The highest BCUT2D eigenvalue weighted by molar-refractivity contribution is 5.66. The van der Waals surface area contributed by atoms with Crippen LogP contribution in [0.3, 0.4) is 0 Å². The van der Waals surface area contributed by atoms with Crippen molar-refractivity contribution in [1.82, 2.24) is 0 Å². The third-order valence-electron chi connectivity index (χ3n) is 3.85. The van der Waals surface area contributed by atoms with Crippen LogP contribution in [0.5, 0.6) is 0 Å². The smallest absolute Gasteiger partial charge is 0.303 e. The molecule has 0 unspecified atom stereocenters. The van der Waals surface area contributed by atoms with Gasteiger partial charge in [-0.1, -0.05) is 89.0 Å². The third kappa shape index (κ3) is 18.9. The average Bonchev–Trinajstić information content (AvgIpc) is 2.50. The Morgan fingerprint density at radius 3 is 1.77 bits per heavy atom. The summed E-state index contributed by atoms with van der Waals surface area (Å²) in [7, 11) is 0. The Balaban J connectivity index is 3.15. The van der Waals surface area contributed by atoms with Crippen LogP contribution in [0.2, 0.25) is 0 Å². The highest BCUT2D eigenvalue weighted by atomic mass is 16.4. The normalized spacial score (nSPS) is 11.7. The van der Waals surface area contributed by atoms with E-state index in [0.717, 1.165) is 6.42 Å². The lowest BCUT2D eigenvalue weighted by Gasteiger charge is -2.01. The number of carbonyl (C=O) groups is 1. The average molecular weight is 309 g/mol. The second-order valence-corrected chi connectivity index (χ2v) is 6.08. The van der Waals surface area contributed by atoms with Crippen molar-refractivity contribution >= 4 is 5.97 Å². The molecule has 0 aliphatic rings. The van der Waals surface area contributed by atoms with Gasteiger partial charge >= 0.3 is 5.97 Å². The van der Waals surface area contributed by atoms with Gasteiger partial charge < -0.3 is 5.11 Å². The van der Waals surface area contributed by atoms with Crippen molar-refractivity contribution in [3.63, 3.8) is 0 Å². The van der Waals surface area contributed by atoms with E-state index in [-0.39, 0.29) is 6.42 Å². The summed E-state index contributed by atoms with van der Waals surface area (Å²) in [5.41, 5.74) is 0. The topological polar surface area (TPSA) is 37.3 Å². The molecule has 0 aliphatic carbocycles. The summed E-state index contributed by atoms with van der Waals surface area (Å²) in [6.45, 7) is 2.27. The summed E-state index contributed by atoms with van der Waals surface area (Å²) >= 11 is 0. The van der Waals surface area contributed by atoms with Gasteiger partial charge in [0, 0.05) is 6.42 Å². The minimum absolute atomic E-state index is 0.235. The number of rotatable bonds is 16. The number of unbranched alkanes of at least 4 members (excludes halogenated alkanes) is 10. The van der Waals surface area contributed by atoms with E-state index in [0.29, 0.717) is 6.42 Å². The van der Waals surface area contributed by atoms with Crippen molar-refractivity contribution in [2.75, 3.05) is 0 Å². The van der Waals surface area contributed by atoms with Crippen molar-refractivity contribution in [2.24, 2.45) is 0 Å². The van der Waals surface area contributed by atoms with E-state index in [4.69, 9.17) is 5.11 Å². The van der Waals surface area contributed by atoms with Crippen LogP contribution in [-0.4, -0.2) is 11.1 Å². The molecule has 2 nitrogen and oxygen atoms in total. The molecule has 0 spiro atoms. The quantitative estimate of drug-likeness (QED) is 0.255. The molecule has 0 fully saturated rings. The lowest BCUT2D eigenvalue weighted by atomic mass is 10.1. The van der Waals surface area contributed by atoms with Gasteiger partial charge in [-0.15, -0.1) is 0 Å². The van der Waals surface area contributed by atoms with Crippen molar-refractivity contribution in [3.05, 3.63) is 24.3 Å². The van der Waals surface area contributed by atoms with Crippen LogP contribution in [-0.2, 0) is 4.79 Å². The van der Waals surface area contributed by atoms with Gasteiger partial charge in [0.2, 0.25) is 0 Å². The van der Waals surface area contributed by atoms with Gasteiger partial charge in [0.1, 0.15) is 0 Å². The van der Waals surface area contributed by atoms with Gasteiger partial charge in [-0.25, -0.2) is 0 Å². The number of carboxylic acid groups (broad SMARTS) is 1. The minimum Gasteiger partial charge on any atom is -0.481 e. The Morgan fingerprint density at radius 1 is 0.727 bits per heavy atom. The fourth-order valence-corrected chi connectivity index (χ4v) is 2.46. The van der Waals surface area contributed by atoms with Crippen LogP contribution in [0.15, 0.2) is 24.3 Å². The molecule has 0 atom stereocenters. The van der Waals surface area contributed by atoms with Crippen LogP contribution in [0.4, 0.5) is 0 Å². The first-order chi connectivity index (χ1) is 10.8. The Kier molecular flexibility index (Phi) is 17.1. The Labute approximate surface area is 137 Å². The highest BCUT2D eigenvalue weighted by Crippen LogP contribution is 2.11. The van der Waals surface area contributed by atoms with Crippen LogP contribution in [0.1, 0.15) is 96.8 Å². The largest absolute Gasteiger partial charge is 0.481 e. The standard InChI is InChI=1S/C20H36O2/c1-2-3-4-5-6-7-8-9-10-11-12-13-14-15-16-17-18-19-20(21)22/h13-14,16-17H,2-12,15,18-19H2,1H3,(H,21,22)/b14-13-,17-16-. The Hall–Kier alpha value is -1.05. The molecule has 128 valence electrons. The lowest BCUT2D eigenvalue weighted by Crippen LogP contribution is -1.91. The van der Waals surface area contributed by atoms with Gasteiger partial charge in [-0.2, -0.15) is 0 Å². The fraction of sp³-hybridized carbons (Fsp3) is 0.750. The number of hydrogen-bond acceptors (Lipinski definition) is 1. The van der Waals surface area contributed by atoms with Gasteiger partial charge in [0.05, 0.1) is 0 Å².